The lowest BCUT2D eigenvalue weighted by molar-refractivity contribution is -0.249. The predicted octanol–water partition coefficient (Wildman–Crippen LogP) is 5.26. The number of aliphatic hydroxyl groups is 2. The highest BCUT2D eigenvalue weighted by Gasteiger charge is 2.80. The van der Waals surface area contributed by atoms with Gasteiger partial charge in [0, 0.05) is 23.4 Å². The average molecular weight is 472 g/mol. The molecule has 8 fully saturated rings. The van der Waals surface area contributed by atoms with Crippen LogP contribution in [0.3, 0.4) is 0 Å². The first-order valence-electron chi connectivity index (χ1n) is 14.8. The molecule has 3 N–H and O–H groups in total. The number of ether oxygens (including phenoxy) is 1. The Hall–Kier alpha value is -0.160. The Morgan fingerprint density at radius 3 is 2.50 bits per heavy atom. The lowest BCUT2D eigenvalue weighted by atomic mass is 9.33. The van der Waals surface area contributed by atoms with E-state index in [4.69, 9.17) is 4.74 Å². The van der Waals surface area contributed by atoms with Gasteiger partial charge in [-0.3, -0.25) is 0 Å². The van der Waals surface area contributed by atoms with Gasteiger partial charge in [0.05, 0.1) is 11.7 Å². The van der Waals surface area contributed by atoms with E-state index in [-0.39, 0.29) is 11.5 Å². The molecule has 0 amide bonds. The third-order valence-electron chi connectivity index (χ3n) is 14.4. The molecule has 34 heavy (non-hydrogen) atoms. The summed E-state index contributed by atoms with van der Waals surface area (Å²) in [6.07, 6.45) is 12.6. The molecule has 3 aliphatic heterocycles. The van der Waals surface area contributed by atoms with Crippen molar-refractivity contribution in [1.82, 2.24) is 5.32 Å². The smallest absolute Gasteiger partial charge is 0.163 e. The lowest BCUT2D eigenvalue weighted by Crippen LogP contribution is -2.80. The van der Waals surface area contributed by atoms with E-state index in [9.17, 15) is 10.2 Å². The van der Waals surface area contributed by atoms with E-state index in [0.717, 1.165) is 49.0 Å². The minimum absolute atomic E-state index is 0.226. The summed E-state index contributed by atoms with van der Waals surface area (Å²) < 4.78 is 6.27. The van der Waals surface area contributed by atoms with Crippen molar-refractivity contribution in [2.24, 2.45) is 51.2 Å². The third-order valence-corrected chi connectivity index (χ3v) is 14.4. The minimum Gasteiger partial charge on any atom is -0.392 e. The summed E-state index contributed by atoms with van der Waals surface area (Å²) in [6, 6.07) is 1.39. The summed E-state index contributed by atoms with van der Waals surface area (Å²) >= 11 is 0. The van der Waals surface area contributed by atoms with E-state index in [0.29, 0.717) is 22.3 Å². The Kier molecular flexibility index (Phi) is 4.62. The van der Waals surface area contributed by atoms with Gasteiger partial charge in [0.25, 0.3) is 0 Å². The summed E-state index contributed by atoms with van der Waals surface area (Å²) in [5.74, 6) is 3.42. The SMILES string of the molecule is CC(C)C1CCC2(C)C3CCC45CCCC4C2(CCC2C4(C)CCC(O)C2(C)C(O)O4)C1NC35. The lowest BCUT2D eigenvalue weighted by Gasteiger charge is -2.76. The molecule has 0 aromatic carbocycles. The normalized spacial score (nSPS) is 63.5. The van der Waals surface area contributed by atoms with Gasteiger partial charge < -0.3 is 20.3 Å². The number of rotatable bonds is 4. The van der Waals surface area contributed by atoms with Gasteiger partial charge in [-0.1, -0.05) is 34.1 Å². The maximum Gasteiger partial charge on any atom is 0.163 e. The van der Waals surface area contributed by atoms with Crippen molar-refractivity contribution in [3.63, 3.8) is 0 Å². The number of piperidine rings is 2. The van der Waals surface area contributed by atoms with E-state index in [2.05, 4.69) is 39.9 Å². The number of aliphatic hydroxyl groups excluding tert-OH is 2. The highest BCUT2D eigenvalue weighted by Crippen LogP contribution is 2.81. The van der Waals surface area contributed by atoms with Gasteiger partial charge in [0.1, 0.15) is 0 Å². The Bertz CT molecular complexity index is 877. The van der Waals surface area contributed by atoms with Crippen LogP contribution in [0.1, 0.15) is 105 Å². The summed E-state index contributed by atoms with van der Waals surface area (Å²) in [4.78, 5) is 0. The first-order chi connectivity index (χ1) is 16.0. The Morgan fingerprint density at radius 2 is 1.74 bits per heavy atom. The fourth-order valence-corrected chi connectivity index (χ4v) is 12.9. The van der Waals surface area contributed by atoms with Gasteiger partial charge in [0.15, 0.2) is 6.29 Å². The fourth-order valence-electron chi connectivity index (χ4n) is 12.9. The van der Waals surface area contributed by atoms with Crippen molar-refractivity contribution in [2.45, 2.75) is 135 Å². The molecule has 1 spiro atoms. The molecule has 0 radical (unpaired) electrons. The van der Waals surface area contributed by atoms with Crippen LogP contribution in [-0.2, 0) is 4.74 Å². The van der Waals surface area contributed by atoms with Crippen molar-refractivity contribution in [3.05, 3.63) is 0 Å². The molecule has 8 bridgehead atoms. The largest absolute Gasteiger partial charge is 0.392 e. The molecule has 8 aliphatic rings. The first kappa shape index (κ1) is 23.0. The molecule has 192 valence electrons. The summed E-state index contributed by atoms with van der Waals surface area (Å²) in [5.41, 5.74) is 0.494. The summed E-state index contributed by atoms with van der Waals surface area (Å²) in [6.45, 7) is 12.0. The third kappa shape index (κ3) is 2.30. The molecule has 4 heteroatoms. The topological polar surface area (TPSA) is 61.7 Å². The van der Waals surface area contributed by atoms with Gasteiger partial charge in [-0.05, 0) is 111 Å². The van der Waals surface area contributed by atoms with E-state index in [1.807, 2.05) is 0 Å². The van der Waals surface area contributed by atoms with Crippen molar-refractivity contribution in [2.75, 3.05) is 0 Å². The van der Waals surface area contributed by atoms with Crippen molar-refractivity contribution in [1.29, 1.82) is 0 Å². The van der Waals surface area contributed by atoms with Gasteiger partial charge >= 0.3 is 0 Å². The number of fused-ring (bicyclic) bond motifs is 2. The van der Waals surface area contributed by atoms with Gasteiger partial charge in [0.2, 0.25) is 0 Å². The predicted molar refractivity (Wildman–Crippen MR) is 133 cm³/mol. The van der Waals surface area contributed by atoms with E-state index < -0.39 is 17.8 Å². The standard InChI is InChI=1S/C30H49NO3/c1-17(2)18-8-13-26(3)19-9-15-29-12-6-7-21(29)30(26,23(18)31-24(19)29)16-10-20-27(4)14-11-22(32)28(20,5)25(33)34-27/h17-25,31-33H,6-16H2,1-5H3. The second-order valence-corrected chi connectivity index (χ2v) is 15.1. The van der Waals surface area contributed by atoms with Crippen molar-refractivity contribution >= 4 is 0 Å². The fraction of sp³-hybridized carbons (Fsp3) is 1.00. The van der Waals surface area contributed by atoms with Crippen LogP contribution in [0, 0.1) is 51.2 Å². The molecule has 5 saturated carbocycles. The molecule has 0 aromatic rings. The zero-order valence-corrected chi connectivity index (χ0v) is 22.3. The molecule has 3 saturated heterocycles. The van der Waals surface area contributed by atoms with Crippen LogP contribution in [0.25, 0.3) is 0 Å². The van der Waals surface area contributed by atoms with E-state index in [1.54, 1.807) is 0 Å². The molecule has 4 nitrogen and oxygen atoms in total. The molecule has 3 heterocycles. The average Bonchev–Trinajstić information content (AvgIpc) is 3.40. The molecular weight excluding hydrogens is 422 g/mol. The second kappa shape index (κ2) is 6.83. The molecule has 13 unspecified atom stereocenters. The Labute approximate surface area is 207 Å². The van der Waals surface area contributed by atoms with Crippen LogP contribution in [0.2, 0.25) is 0 Å². The number of nitrogens with one attached hydrogen (secondary N) is 1. The number of hydrogen-bond acceptors (Lipinski definition) is 4. The maximum atomic E-state index is 11.1. The molecule has 0 aromatic heterocycles. The van der Waals surface area contributed by atoms with Crippen LogP contribution >= 0.6 is 0 Å². The molecule has 13 atom stereocenters. The van der Waals surface area contributed by atoms with E-state index in [1.165, 1.54) is 51.4 Å². The highest BCUT2D eigenvalue weighted by atomic mass is 16.6. The highest BCUT2D eigenvalue weighted by molar-refractivity contribution is 5.31. The van der Waals surface area contributed by atoms with Crippen LogP contribution in [-0.4, -0.2) is 40.3 Å². The second-order valence-electron chi connectivity index (χ2n) is 15.1. The van der Waals surface area contributed by atoms with Crippen LogP contribution in [0.15, 0.2) is 0 Å². The zero-order valence-electron chi connectivity index (χ0n) is 22.3. The first-order valence-corrected chi connectivity index (χ1v) is 14.8. The molecular formula is C30H49NO3. The zero-order chi connectivity index (χ0) is 23.9. The van der Waals surface area contributed by atoms with Crippen molar-refractivity contribution < 1.29 is 14.9 Å². The number of hydrogen-bond donors (Lipinski definition) is 3. The molecule has 5 aliphatic carbocycles. The van der Waals surface area contributed by atoms with Crippen LogP contribution in [0.4, 0.5) is 0 Å². The van der Waals surface area contributed by atoms with Gasteiger partial charge in [-0.15, -0.1) is 0 Å². The summed E-state index contributed by atoms with van der Waals surface area (Å²) in [7, 11) is 0. The monoisotopic (exact) mass is 471 g/mol. The molecule has 8 rings (SSSR count). The summed E-state index contributed by atoms with van der Waals surface area (Å²) in [5, 5.41) is 26.5. The van der Waals surface area contributed by atoms with Crippen LogP contribution in [0.5, 0.6) is 0 Å². The quantitative estimate of drug-likeness (QED) is 0.523. The van der Waals surface area contributed by atoms with Crippen molar-refractivity contribution in [3.8, 4) is 0 Å². The van der Waals surface area contributed by atoms with E-state index >= 15 is 0 Å². The Morgan fingerprint density at radius 1 is 0.941 bits per heavy atom. The van der Waals surface area contributed by atoms with Crippen LogP contribution < -0.4 is 5.32 Å². The van der Waals surface area contributed by atoms with Gasteiger partial charge in [-0.2, -0.15) is 0 Å². The van der Waals surface area contributed by atoms with Gasteiger partial charge in [-0.25, -0.2) is 0 Å². The maximum absolute atomic E-state index is 11.1. The Balaban J connectivity index is 1.32. The minimum atomic E-state index is -0.842.